The van der Waals surface area contributed by atoms with Gasteiger partial charge in [-0.15, -0.1) is 0 Å². The van der Waals surface area contributed by atoms with Crippen LogP contribution in [0, 0.1) is 22.9 Å². The minimum absolute atomic E-state index is 0.0322. The summed E-state index contributed by atoms with van der Waals surface area (Å²) >= 11 is 0. The summed E-state index contributed by atoms with van der Waals surface area (Å²) in [7, 11) is 0. The van der Waals surface area contributed by atoms with Gasteiger partial charge in [0.25, 0.3) is 5.69 Å². The lowest BCUT2D eigenvalue weighted by Crippen LogP contribution is -2.18. The number of benzene rings is 2. The van der Waals surface area contributed by atoms with Crippen molar-refractivity contribution >= 4 is 5.69 Å². The summed E-state index contributed by atoms with van der Waals surface area (Å²) in [5.41, 5.74) is 2.52. The van der Waals surface area contributed by atoms with E-state index in [2.05, 4.69) is 5.32 Å². The molecule has 0 amide bonds. The predicted molar refractivity (Wildman–Crippen MR) is 79.5 cm³/mol. The Morgan fingerprint density at radius 1 is 1.29 bits per heavy atom. The molecule has 4 nitrogen and oxygen atoms in total. The number of rotatable bonds is 5. The van der Waals surface area contributed by atoms with Crippen LogP contribution in [0.15, 0.2) is 42.5 Å². The van der Waals surface area contributed by atoms with Crippen LogP contribution in [0.1, 0.15) is 29.7 Å². The number of hydrogen-bond acceptors (Lipinski definition) is 3. The zero-order valence-electron chi connectivity index (χ0n) is 12.0. The van der Waals surface area contributed by atoms with Crippen LogP contribution in [0.4, 0.5) is 10.1 Å². The van der Waals surface area contributed by atoms with Gasteiger partial charge in [0.15, 0.2) is 0 Å². The summed E-state index contributed by atoms with van der Waals surface area (Å²) in [6.45, 7) is 4.24. The Kier molecular flexibility index (Phi) is 4.65. The van der Waals surface area contributed by atoms with Crippen molar-refractivity contribution < 1.29 is 9.31 Å². The number of halogens is 1. The van der Waals surface area contributed by atoms with Gasteiger partial charge in [-0.2, -0.15) is 0 Å². The maximum atomic E-state index is 13.2. The third-order valence-electron chi connectivity index (χ3n) is 3.42. The van der Waals surface area contributed by atoms with Gasteiger partial charge in [-0.25, -0.2) is 4.39 Å². The Hall–Kier alpha value is -2.27. The molecule has 5 heteroatoms. The first-order chi connectivity index (χ1) is 9.97. The monoisotopic (exact) mass is 288 g/mol. The number of aryl methyl sites for hydroxylation is 1. The number of non-ortho nitro benzene ring substituents is 1. The first-order valence-corrected chi connectivity index (χ1v) is 6.70. The van der Waals surface area contributed by atoms with E-state index in [0.717, 1.165) is 11.1 Å². The Bertz CT molecular complexity index is 658. The lowest BCUT2D eigenvalue weighted by molar-refractivity contribution is -0.384. The minimum Gasteiger partial charge on any atom is -0.306 e. The first kappa shape index (κ1) is 15.1. The second-order valence-corrected chi connectivity index (χ2v) is 5.04. The van der Waals surface area contributed by atoms with Gasteiger partial charge in [-0.05, 0) is 36.6 Å². The van der Waals surface area contributed by atoms with Crippen molar-refractivity contribution in [3.63, 3.8) is 0 Å². The van der Waals surface area contributed by atoms with Crippen molar-refractivity contribution in [3.05, 3.63) is 75.1 Å². The zero-order valence-corrected chi connectivity index (χ0v) is 12.0. The fraction of sp³-hybridized carbons (Fsp3) is 0.250. The van der Waals surface area contributed by atoms with Gasteiger partial charge in [-0.3, -0.25) is 10.1 Å². The van der Waals surface area contributed by atoms with Gasteiger partial charge in [0.05, 0.1) is 4.92 Å². The van der Waals surface area contributed by atoms with Crippen LogP contribution in [0.25, 0.3) is 0 Å². The van der Waals surface area contributed by atoms with Crippen LogP contribution in [0.3, 0.4) is 0 Å². The van der Waals surface area contributed by atoms with E-state index in [-0.39, 0.29) is 17.5 Å². The van der Waals surface area contributed by atoms with Crippen molar-refractivity contribution in [1.82, 2.24) is 5.32 Å². The van der Waals surface area contributed by atoms with Crippen molar-refractivity contribution in [2.75, 3.05) is 0 Å². The molecule has 1 N–H and O–H groups in total. The Morgan fingerprint density at radius 3 is 2.71 bits per heavy atom. The van der Waals surface area contributed by atoms with Gasteiger partial charge >= 0.3 is 0 Å². The van der Waals surface area contributed by atoms with E-state index in [9.17, 15) is 14.5 Å². The number of nitrogens with zero attached hydrogens (tertiary/aromatic N) is 1. The number of nitrogens with one attached hydrogen (secondary N) is 1. The number of nitro groups is 1. The van der Waals surface area contributed by atoms with Gasteiger partial charge in [-0.1, -0.05) is 24.3 Å². The molecule has 0 bridgehead atoms. The molecule has 2 aromatic rings. The van der Waals surface area contributed by atoms with E-state index >= 15 is 0 Å². The Labute approximate surface area is 122 Å². The van der Waals surface area contributed by atoms with Crippen LogP contribution in [-0.4, -0.2) is 4.92 Å². The Balaban J connectivity index is 2.04. The highest BCUT2D eigenvalue weighted by atomic mass is 19.1. The number of hydrogen-bond donors (Lipinski definition) is 1. The topological polar surface area (TPSA) is 55.2 Å². The van der Waals surface area contributed by atoms with Crippen molar-refractivity contribution in [2.24, 2.45) is 0 Å². The molecule has 0 aliphatic heterocycles. The summed E-state index contributed by atoms with van der Waals surface area (Å²) in [6, 6.07) is 11.5. The van der Waals surface area contributed by atoms with Crippen LogP contribution in [0.2, 0.25) is 0 Å². The van der Waals surface area contributed by atoms with Crippen LogP contribution >= 0.6 is 0 Å². The van der Waals surface area contributed by atoms with E-state index in [1.165, 1.54) is 12.1 Å². The third kappa shape index (κ3) is 3.86. The lowest BCUT2D eigenvalue weighted by atomic mass is 10.1. The summed E-state index contributed by atoms with van der Waals surface area (Å²) in [5, 5.41) is 14.1. The summed E-state index contributed by atoms with van der Waals surface area (Å²) in [6.07, 6.45) is 0. The standard InChI is InChI=1S/C16H17FN2O2/c1-11-8-13(6-7-16(11)17)10-18-12(2)14-4-3-5-15(9-14)19(20)21/h3-9,12,18H,10H2,1-2H3. The van der Waals surface area contributed by atoms with Crippen LogP contribution in [-0.2, 0) is 6.54 Å². The number of nitro benzene ring substituents is 1. The molecule has 0 spiro atoms. The van der Waals surface area contributed by atoms with Crippen LogP contribution in [0.5, 0.6) is 0 Å². The molecule has 110 valence electrons. The highest BCUT2D eigenvalue weighted by Gasteiger charge is 2.10. The molecule has 2 rings (SSSR count). The average Bonchev–Trinajstić information content (AvgIpc) is 2.48. The summed E-state index contributed by atoms with van der Waals surface area (Å²) in [4.78, 5) is 10.4. The molecule has 0 radical (unpaired) electrons. The fourth-order valence-corrected chi connectivity index (χ4v) is 2.11. The minimum atomic E-state index is -0.403. The molecular weight excluding hydrogens is 271 g/mol. The molecule has 0 aliphatic carbocycles. The third-order valence-corrected chi connectivity index (χ3v) is 3.42. The van der Waals surface area contributed by atoms with E-state index in [1.54, 1.807) is 31.2 Å². The maximum Gasteiger partial charge on any atom is 0.269 e. The fourth-order valence-electron chi connectivity index (χ4n) is 2.11. The molecule has 21 heavy (non-hydrogen) atoms. The molecule has 0 heterocycles. The molecule has 0 aliphatic rings. The molecule has 1 unspecified atom stereocenters. The predicted octanol–water partition coefficient (Wildman–Crippen LogP) is 3.89. The normalized spacial score (nSPS) is 12.1. The molecular formula is C16H17FN2O2. The van der Waals surface area contributed by atoms with E-state index in [0.29, 0.717) is 12.1 Å². The van der Waals surface area contributed by atoms with Crippen molar-refractivity contribution in [3.8, 4) is 0 Å². The van der Waals surface area contributed by atoms with Crippen LogP contribution < -0.4 is 5.32 Å². The highest BCUT2D eigenvalue weighted by molar-refractivity contribution is 5.35. The van der Waals surface area contributed by atoms with Gasteiger partial charge < -0.3 is 5.32 Å². The van der Waals surface area contributed by atoms with Gasteiger partial charge in [0, 0.05) is 24.7 Å². The van der Waals surface area contributed by atoms with E-state index in [1.807, 2.05) is 13.0 Å². The highest BCUT2D eigenvalue weighted by Crippen LogP contribution is 2.19. The van der Waals surface area contributed by atoms with Crippen molar-refractivity contribution in [1.29, 1.82) is 0 Å². The smallest absolute Gasteiger partial charge is 0.269 e. The van der Waals surface area contributed by atoms with E-state index < -0.39 is 4.92 Å². The average molecular weight is 288 g/mol. The molecule has 0 saturated carbocycles. The largest absolute Gasteiger partial charge is 0.306 e. The molecule has 2 aromatic carbocycles. The van der Waals surface area contributed by atoms with Gasteiger partial charge in [0.2, 0.25) is 0 Å². The SMILES string of the molecule is Cc1cc(CNC(C)c2cccc([N+](=O)[O-])c2)ccc1F. The molecule has 1 atom stereocenters. The van der Waals surface area contributed by atoms with Crippen molar-refractivity contribution in [2.45, 2.75) is 26.4 Å². The summed E-state index contributed by atoms with van der Waals surface area (Å²) < 4.78 is 13.2. The second-order valence-electron chi connectivity index (χ2n) is 5.04. The molecule has 0 fully saturated rings. The first-order valence-electron chi connectivity index (χ1n) is 6.70. The maximum absolute atomic E-state index is 13.2. The van der Waals surface area contributed by atoms with E-state index in [4.69, 9.17) is 0 Å². The Morgan fingerprint density at radius 2 is 2.05 bits per heavy atom. The zero-order chi connectivity index (χ0) is 15.4. The summed E-state index contributed by atoms with van der Waals surface area (Å²) in [5.74, 6) is -0.217. The molecule has 0 saturated heterocycles. The van der Waals surface area contributed by atoms with Gasteiger partial charge in [0.1, 0.15) is 5.82 Å². The second kappa shape index (κ2) is 6.45. The molecule has 0 aromatic heterocycles. The quantitative estimate of drug-likeness (QED) is 0.670. The lowest BCUT2D eigenvalue weighted by Gasteiger charge is -2.14.